The molecule has 0 radical (unpaired) electrons. The molecule has 0 amide bonds. The average Bonchev–Trinajstić information content (AvgIpc) is 2.52. The summed E-state index contributed by atoms with van der Waals surface area (Å²) in [5.41, 5.74) is 0. The summed E-state index contributed by atoms with van der Waals surface area (Å²) in [7, 11) is 0. The van der Waals surface area contributed by atoms with Gasteiger partial charge in [-0.25, -0.2) is 8.78 Å². The number of alkyl halides is 2. The predicted octanol–water partition coefficient (Wildman–Crippen LogP) is 6.34. The summed E-state index contributed by atoms with van der Waals surface area (Å²) in [6.07, 6.45) is 10.1. The van der Waals surface area contributed by atoms with Crippen LogP contribution in [0.25, 0.3) is 0 Å². The molecule has 0 nitrogen and oxygen atoms in total. The Morgan fingerprint density at radius 1 is 0.727 bits per heavy atom. The van der Waals surface area contributed by atoms with Crippen LogP contribution in [0.2, 0.25) is 0 Å². The van der Waals surface area contributed by atoms with Gasteiger partial charge >= 0.3 is 0 Å². The van der Waals surface area contributed by atoms with E-state index < -0.39 is 12.3 Å². The first-order valence-corrected chi connectivity index (χ1v) is 9.82. The molecular weight excluding hydrogens is 278 g/mol. The molecule has 3 aliphatic carbocycles. The fraction of sp³-hybridized carbons (Fsp3) is 1.00. The summed E-state index contributed by atoms with van der Waals surface area (Å²) >= 11 is 0. The van der Waals surface area contributed by atoms with E-state index in [1.807, 2.05) is 6.92 Å². The molecule has 0 aromatic rings. The molecule has 128 valence electrons. The van der Waals surface area contributed by atoms with Crippen LogP contribution in [-0.2, 0) is 0 Å². The Kier molecular flexibility index (Phi) is 5.45. The lowest BCUT2D eigenvalue weighted by molar-refractivity contribution is -0.0372. The lowest BCUT2D eigenvalue weighted by Crippen LogP contribution is -2.45. The third-order valence-corrected chi connectivity index (χ3v) is 7.21. The number of hydrogen-bond acceptors (Lipinski definition) is 0. The second-order valence-corrected chi connectivity index (χ2v) is 8.91. The van der Waals surface area contributed by atoms with Crippen LogP contribution in [0.3, 0.4) is 0 Å². The van der Waals surface area contributed by atoms with E-state index in [2.05, 4.69) is 6.92 Å². The van der Waals surface area contributed by atoms with Gasteiger partial charge in [0.1, 0.15) is 12.3 Å². The van der Waals surface area contributed by atoms with Crippen LogP contribution in [0.15, 0.2) is 0 Å². The van der Waals surface area contributed by atoms with Crippen LogP contribution < -0.4 is 0 Å². The van der Waals surface area contributed by atoms with Gasteiger partial charge in [0.2, 0.25) is 0 Å². The maximum absolute atomic E-state index is 14.4. The molecule has 0 spiro atoms. The van der Waals surface area contributed by atoms with E-state index in [9.17, 15) is 8.78 Å². The van der Waals surface area contributed by atoms with Crippen molar-refractivity contribution in [2.45, 2.75) is 90.4 Å². The Hall–Kier alpha value is -0.140. The minimum atomic E-state index is -1.21. The van der Waals surface area contributed by atoms with Gasteiger partial charge in [-0.05, 0) is 54.8 Å². The van der Waals surface area contributed by atoms with Crippen LogP contribution >= 0.6 is 0 Å². The molecule has 3 saturated carbocycles. The van der Waals surface area contributed by atoms with Crippen LogP contribution in [0.4, 0.5) is 8.78 Å². The monoisotopic (exact) mass is 312 g/mol. The lowest BCUT2D eigenvalue weighted by atomic mass is 9.63. The normalized spacial score (nSPS) is 49.6. The maximum atomic E-state index is 14.4. The zero-order valence-electron chi connectivity index (χ0n) is 14.4. The second-order valence-electron chi connectivity index (χ2n) is 8.91. The Labute approximate surface area is 135 Å². The highest BCUT2D eigenvalue weighted by molar-refractivity contribution is 4.94. The van der Waals surface area contributed by atoms with Crippen molar-refractivity contribution in [3.05, 3.63) is 0 Å². The van der Waals surface area contributed by atoms with E-state index in [0.717, 1.165) is 31.1 Å². The molecule has 0 aromatic heterocycles. The van der Waals surface area contributed by atoms with Crippen molar-refractivity contribution in [1.82, 2.24) is 0 Å². The molecule has 22 heavy (non-hydrogen) atoms. The van der Waals surface area contributed by atoms with Crippen LogP contribution in [-0.4, -0.2) is 12.3 Å². The number of halogens is 2. The van der Waals surface area contributed by atoms with E-state index in [-0.39, 0.29) is 11.8 Å². The summed E-state index contributed by atoms with van der Waals surface area (Å²) < 4.78 is 28.4. The second kappa shape index (κ2) is 7.18. The maximum Gasteiger partial charge on any atom is 0.134 e. The molecule has 3 aliphatic rings. The zero-order valence-corrected chi connectivity index (χ0v) is 14.4. The number of rotatable bonds is 3. The third kappa shape index (κ3) is 3.67. The summed E-state index contributed by atoms with van der Waals surface area (Å²) in [5.74, 6) is 2.91. The van der Waals surface area contributed by atoms with Gasteiger partial charge in [-0.2, -0.15) is 0 Å². The Morgan fingerprint density at radius 3 is 2.09 bits per heavy atom. The molecule has 3 fully saturated rings. The fourth-order valence-corrected chi connectivity index (χ4v) is 5.55. The van der Waals surface area contributed by atoms with Gasteiger partial charge in [0.05, 0.1) is 0 Å². The Morgan fingerprint density at radius 2 is 1.36 bits per heavy atom. The van der Waals surface area contributed by atoms with E-state index in [4.69, 9.17) is 0 Å². The molecule has 0 bridgehead atoms. The van der Waals surface area contributed by atoms with E-state index in [1.165, 1.54) is 44.9 Å². The topological polar surface area (TPSA) is 0 Å². The molecule has 0 saturated heterocycles. The van der Waals surface area contributed by atoms with Crippen LogP contribution in [0.1, 0.15) is 78.1 Å². The molecule has 2 heteroatoms. The minimum absolute atomic E-state index is 0.0244. The highest BCUT2D eigenvalue weighted by Gasteiger charge is 2.46. The van der Waals surface area contributed by atoms with Gasteiger partial charge in [-0.15, -0.1) is 0 Å². The van der Waals surface area contributed by atoms with Gasteiger partial charge in [-0.3, -0.25) is 0 Å². The molecule has 6 atom stereocenters. The van der Waals surface area contributed by atoms with Crippen molar-refractivity contribution in [2.75, 3.05) is 0 Å². The first kappa shape index (κ1) is 16.7. The molecule has 6 unspecified atom stereocenters. The molecular formula is C20H34F2. The Balaban J connectivity index is 1.47. The predicted molar refractivity (Wildman–Crippen MR) is 88.3 cm³/mol. The number of hydrogen-bond donors (Lipinski definition) is 0. The SMILES string of the molecule is CC1CCC(CCC2CCC3CC(C)C(F)C(F)C3C2)CC1. The lowest BCUT2D eigenvalue weighted by Gasteiger charge is -2.45. The highest BCUT2D eigenvalue weighted by atomic mass is 19.2. The molecule has 0 N–H and O–H groups in total. The van der Waals surface area contributed by atoms with Gasteiger partial charge in [-0.1, -0.05) is 58.8 Å². The zero-order chi connectivity index (χ0) is 15.7. The molecule has 0 heterocycles. The fourth-order valence-electron chi connectivity index (χ4n) is 5.55. The Bertz CT molecular complexity index is 346. The number of fused-ring (bicyclic) bond motifs is 1. The van der Waals surface area contributed by atoms with Crippen LogP contribution in [0.5, 0.6) is 0 Å². The molecule has 0 aliphatic heterocycles. The first-order chi connectivity index (χ1) is 10.5. The summed E-state index contributed by atoms with van der Waals surface area (Å²) in [6.45, 7) is 4.26. The highest BCUT2D eigenvalue weighted by Crippen LogP contribution is 2.48. The van der Waals surface area contributed by atoms with Crippen molar-refractivity contribution < 1.29 is 8.78 Å². The van der Waals surface area contributed by atoms with Gasteiger partial charge in [0.25, 0.3) is 0 Å². The van der Waals surface area contributed by atoms with E-state index in [0.29, 0.717) is 11.8 Å². The standard InChI is InChI=1S/C20H34F2/c1-13-3-5-15(6-4-13)7-8-16-9-10-17-11-14(2)19(21)20(22)18(17)12-16/h13-20H,3-12H2,1-2H3. The van der Waals surface area contributed by atoms with Gasteiger partial charge < -0.3 is 0 Å². The molecule has 0 aromatic carbocycles. The summed E-state index contributed by atoms with van der Waals surface area (Å²) in [6, 6.07) is 0. The van der Waals surface area contributed by atoms with Crippen molar-refractivity contribution in [2.24, 2.45) is 35.5 Å². The van der Waals surface area contributed by atoms with Crippen molar-refractivity contribution >= 4 is 0 Å². The summed E-state index contributed by atoms with van der Waals surface area (Å²) in [5, 5.41) is 0. The average molecular weight is 312 g/mol. The minimum Gasteiger partial charge on any atom is -0.244 e. The van der Waals surface area contributed by atoms with Crippen molar-refractivity contribution in [3.8, 4) is 0 Å². The summed E-state index contributed by atoms with van der Waals surface area (Å²) in [4.78, 5) is 0. The van der Waals surface area contributed by atoms with E-state index in [1.54, 1.807) is 0 Å². The van der Waals surface area contributed by atoms with Crippen LogP contribution in [0, 0.1) is 35.5 Å². The third-order valence-electron chi connectivity index (χ3n) is 7.21. The van der Waals surface area contributed by atoms with Crippen molar-refractivity contribution in [1.29, 1.82) is 0 Å². The quantitative estimate of drug-likeness (QED) is 0.570. The van der Waals surface area contributed by atoms with Gasteiger partial charge in [0.15, 0.2) is 0 Å². The van der Waals surface area contributed by atoms with E-state index >= 15 is 0 Å². The smallest absolute Gasteiger partial charge is 0.134 e. The first-order valence-electron chi connectivity index (χ1n) is 9.82. The van der Waals surface area contributed by atoms with Crippen molar-refractivity contribution in [3.63, 3.8) is 0 Å². The molecule has 3 rings (SSSR count). The largest absolute Gasteiger partial charge is 0.244 e. The van der Waals surface area contributed by atoms with Gasteiger partial charge in [0, 0.05) is 0 Å².